The average molecular weight is 183 g/mol. The van der Waals surface area contributed by atoms with E-state index in [-0.39, 0.29) is 12.4 Å². The molecule has 1 rings (SSSR count). The van der Waals surface area contributed by atoms with Crippen molar-refractivity contribution in [1.82, 2.24) is 0 Å². The first-order valence-corrected chi connectivity index (χ1v) is 3.95. The fraction of sp³-hybridized carbons (Fsp3) is 0.300. The molecule has 0 bridgehead atoms. The molecule has 0 saturated carbocycles. The Morgan fingerprint density at radius 2 is 2.15 bits per heavy atom. The number of aliphatic hydroxyl groups excluding tert-OH is 1. The summed E-state index contributed by atoms with van der Waals surface area (Å²) < 4.78 is 17.8. The minimum atomic E-state index is -0.359. The number of benzene rings is 1. The van der Waals surface area contributed by atoms with Gasteiger partial charge < -0.3 is 9.84 Å². The van der Waals surface area contributed by atoms with Crippen molar-refractivity contribution in [3.8, 4) is 5.75 Å². The number of hydrogen-bond donors (Lipinski definition) is 1. The van der Waals surface area contributed by atoms with Gasteiger partial charge in [0.15, 0.2) is 0 Å². The van der Waals surface area contributed by atoms with Crippen LogP contribution in [-0.2, 0) is 0 Å². The van der Waals surface area contributed by atoms with Crippen molar-refractivity contribution in [2.45, 2.75) is 6.92 Å². The van der Waals surface area contributed by atoms with Gasteiger partial charge in [0, 0.05) is 12.0 Å². The van der Waals surface area contributed by atoms with Crippen LogP contribution in [0.3, 0.4) is 0 Å². The van der Waals surface area contributed by atoms with E-state index in [1.165, 1.54) is 19.2 Å². The van der Waals surface area contributed by atoms with E-state index in [4.69, 9.17) is 9.84 Å². The van der Waals surface area contributed by atoms with Gasteiger partial charge in [0.1, 0.15) is 11.6 Å². The summed E-state index contributed by atoms with van der Waals surface area (Å²) in [5.74, 6) is 0.822. The summed E-state index contributed by atoms with van der Waals surface area (Å²) in [6.45, 7) is 1.67. The number of ether oxygens (including phenoxy) is 1. The van der Waals surface area contributed by atoms with Crippen LogP contribution in [0.5, 0.6) is 5.75 Å². The summed E-state index contributed by atoms with van der Waals surface area (Å²) in [5, 5.41) is 8.84. The maximum Gasteiger partial charge on any atom is 0.127 e. The Morgan fingerprint density at radius 3 is 2.69 bits per heavy atom. The first-order valence-electron chi connectivity index (χ1n) is 3.95. The summed E-state index contributed by atoms with van der Waals surface area (Å²) in [5.41, 5.74) is 0.666. The standard InChI is InChI=1S/C10H12FO2/c1-7(6-12)8-3-9(11)5-10(4-8)13-2/h3-5,12H,6H2,1-2H3. The lowest BCUT2D eigenvalue weighted by molar-refractivity contribution is 0.314. The van der Waals surface area contributed by atoms with Crippen molar-refractivity contribution in [2.75, 3.05) is 13.7 Å². The summed E-state index contributed by atoms with van der Waals surface area (Å²) >= 11 is 0. The lowest BCUT2D eigenvalue weighted by Crippen LogP contribution is -2.01. The zero-order valence-corrected chi connectivity index (χ0v) is 7.67. The van der Waals surface area contributed by atoms with Crippen LogP contribution in [0, 0.1) is 11.7 Å². The Hall–Kier alpha value is -1.09. The highest BCUT2D eigenvalue weighted by atomic mass is 19.1. The van der Waals surface area contributed by atoms with Crippen molar-refractivity contribution in [1.29, 1.82) is 0 Å². The first kappa shape index (κ1) is 9.99. The fourth-order valence-electron chi connectivity index (χ4n) is 1.02. The molecule has 0 aliphatic carbocycles. The molecule has 0 amide bonds. The van der Waals surface area contributed by atoms with Crippen LogP contribution in [0.1, 0.15) is 12.5 Å². The Morgan fingerprint density at radius 1 is 1.46 bits per heavy atom. The minimum absolute atomic E-state index is 0.0768. The van der Waals surface area contributed by atoms with Crippen molar-refractivity contribution in [2.24, 2.45) is 0 Å². The number of halogens is 1. The van der Waals surface area contributed by atoms with E-state index < -0.39 is 0 Å². The molecule has 0 unspecified atom stereocenters. The maximum atomic E-state index is 12.9. The minimum Gasteiger partial charge on any atom is -0.497 e. The van der Waals surface area contributed by atoms with Crippen LogP contribution < -0.4 is 4.74 Å². The zero-order valence-electron chi connectivity index (χ0n) is 7.67. The van der Waals surface area contributed by atoms with Gasteiger partial charge in [0.05, 0.1) is 13.7 Å². The van der Waals surface area contributed by atoms with Crippen LogP contribution in [0.4, 0.5) is 4.39 Å². The van der Waals surface area contributed by atoms with Gasteiger partial charge >= 0.3 is 0 Å². The molecule has 0 fully saturated rings. The van der Waals surface area contributed by atoms with Crippen LogP contribution >= 0.6 is 0 Å². The second-order valence-electron chi connectivity index (χ2n) is 2.82. The quantitative estimate of drug-likeness (QED) is 0.773. The second kappa shape index (κ2) is 4.23. The van der Waals surface area contributed by atoms with E-state index in [9.17, 15) is 4.39 Å². The second-order valence-corrected chi connectivity index (χ2v) is 2.82. The highest BCUT2D eigenvalue weighted by Gasteiger charge is 2.07. The molecule has 1 N–H and O–H groups in total. The number of methoxy groups -OCH3 is 1. The highest BCUT2D eigenvalue weighted by Crippen LogP contribution is 2.21. The molecule has 71 valence electrons. The topological polar surface area (TPSA) is 29.5 Å². The molecule has 13 heavy (non-hydrogen) atoms. The van der Waals surface area contributed by atoms with Gasteiger partial charge in [-0.3, -0.25) is 0 Å². The fourth-order valence-corrected chi connectivity index (χ4v) is 1.02. The van der Waals surface area contributed by atoms with Crippen LogP contribution in [-0.4, -0.2) is 18.8 Å². The van der Waals surface area contributed by atoms with Crippen molar-refractivity contribution >= 4 is 0 Å². The third kappa shape index (κ3) is 2.42. The third-order valence-corrected chi connectivity index (χ3v) is 1.84. The first-order chi connectivity index (χ1) is 6.17. The Balaban J connectivity index is 3.01. The molecule has 3 heteroatoms. The third-order valence-electron chi connectivity index (χ3n) is 1.84. The smallest absolute Gasteiger partial charge is 0.127 e. The largest absolute Gasteiger partial charge is 0.497 e. The molecule has 1 radical (unpaired) electrons. The molecular formula is C10H12FO2. The van der Waals surface area contributed by atoms with Gasteiger partial charge in [-0.05, 0) is 17.7 Å². The SMILES string of the molecule is COc1cc(F)cc([C](C)CO)c1. The lowest BCUT2D eigenvalue weighted by Gasteiger charge is -2.09. The maximum absolute atomic E-state index is 12.9. The van der Waals surface area contributed by atoms with Crippen molar-refractivity contribution in [3.05, 3.63) is 35.5 Å². The van der Waals surface area contributed by atoms with E-state index in [2.05, 4.69) is 0 Å². The van der Waals surface area contributed by atoms with Gasteiger partial charge in [-0.15, -0.1) is 0 Å². The van der Waals surface area contributed by atoms with Gasteiger partial charge in [0.2, 0.25) is 0 Å². The van der Waals surface area contributed by atoms with Crippen LogP contribution in [0.2, 0.25) is 0 Å². The predicted octanol–water partition coefficient (Wildman–Crippen LogP) is 1.77. The molecule has 2 nitrogen and oxygen atoms in total. The zero-order chi connectivity index (χ0) is 9.84. The summed E-state index contributed by atoms with van der Waals surface area (Å²) in [6, 6.07) is 4.36. The average Bonchev–Trinajstić information content (AvgIpc) is 2.15. The lowest BCUT2D eigenvalue weighted by atomic mass is 10.0. The van der Waals surface area contributed by atoms with Gasteiger partial charge in [-0.2, -0.15) is 0 Å². The Labute approximate surface area is 77.0 Å². The molecular weight excluding hydrogens is 171 g/mol. The monoisotopic (exact) mass is 183 g/mol. The predicted molar refractivity (Wildman–Crippen MR) is 48.1 cm³/mol. The Bertz CT molecular complexity index is 286. The molecule has 1 aromatic rings. The number of rotatable bonds is 3. The molecule has 0 aliphatic rings. The van der Waals surface area contributed by atoms with E-state index in [1.54, 1.807) is 13.0 Å². The molecule has 0 aliphatic heterocycles. The normalized spacial score (nSPS) is 10.5. The summed E-state index contributed by atoms with van der Waals surface area (Å²) in [6.07, 6.45) is 0. The van der Waals surface area contributed by atoms with Gasteiger partial charge in [0.25, 0.3) is 0 Å². The van der Waals surface area contributed by atoms with Crippen LogP contribution in [0.25, 0.3) is 0 Å². The van der Waals surface area contributed by atoms with E-state index in [0.29, 0.717) is 11.3 Å². The van der Waals surface area contributed by atoms with E-state index in [0.717, 1.165) is 5.92 Å². The number of aliphatic hydroxyl groups is 1. The van der Waals surface area contributed by atoms with Crippen LogP contribution in [0.15, 0.2) is 18.2 Å². The van der Waals surface area contributed by atoms with Crippen molar-refractivity contribution in [3.63, 3.8) is 0 Å². The molecule has 1 aromatic carbocycles. The Kier molecular flexibility index (Phi) is 3.25. The van der Waals surface area contributed by atoms with Gasteiger partial charge in [-0.1, -0.05) is 6.92 Å². The summed E-state index contributed by atoms with van der Waals surface area (Å²) in [4.78, 5) is 0. The summed E-state index contributed by atoms with van der Waals surface area (Å²) in [7, 11) is 1.48. The number of hydrogen-bond acceptors (Lipinski definition) is 2. The van der Waals surface area contributed by atoms with E-state index >= 15 is 0 Å². The van der Waals surface area contributed by atoms with Gasteiger partial charge in [-0.25, -0.2) is 4.39 Å². The highest BCUT2D eigenvalue weighted by molar-refractivity contribution is 5.37. The van der Waals surface area contributed by atoms with Crippen molar-refractivity contribution < 1.29 is 14.2 Å². The molecule has 0 saturated heterocycles. The molecule has 0 spiro atoms. The molecule has 0 aromatic heterocycles. The molecule has 0 atom stereocenters. The van der Waals surface area contributed by atoms with E-state index in [1.807, 2.05) is 0 Å². The molecule has 0 heterocycles.